The molecule has 1 N–H and O–H groups in total. The van der Waals surface area contributed by atoms with Gasteiger partial charge in [-0.2, -0.15) is 13.2 Å². The molecule has 5 nitrogen and oxygen atoms in total. The number of hydrogen-bond donors (Lipinski definition) is 1. The van der Waals surface area contributed by atoms with Gasteiger partial charge >= 0.3 is 6.18 Å². The summed E-state index contributed by atoms with van der Waals surface area (Å²) >= 11 is 0. The normalized spacial score (nSPS) is 11.6. The van der Waals surface area contributed by atoms with E-state index in [0.29, 0.717) is 5.89 Å². The largest absolute Gasteiger partial charge is 0.444 e. The standard InChI is InChI=1S/C11H11F3N4O/c1-2-7-5-16-10(19-7)6-15-9-4-3-8(17-18-9)11(12,13)14/h3-5H,2,6H2,1H3,(H,15,18). The summed E-state index contributed by atoms with van der Waals surface area (Å²) in [7, 11) is 0. The molecule has 8 heteroatoms. The van der Waals surface area contributed by atoms with Gasteiger partial charge in [-0.3, -0.25) is 0 Å². The van der Waals surface area contributed by atoms with Crippen molar-refractivity contribution >= 4 is 5.82 Å². The van der Waals surface area contributed by atoms with E-state index in [-0.39, 0.29) is 12.4 Å². The second kappa shape index (κ2) is 5.25. The number of alkyl halides is 3. The van der Waals surface area contributed by atoms with Gasteiger partial charge in [-0.05, 0) is 12.1 Å². The maximum atomic E-state index is 12.3. The van der Waals surface area contributed by atoms with Crippen LogP contribution in [0.2, 0.25) is 0 Å². The van der Waals surface area contributed by atoms with E-state index in [2.05, 4.69) is 20.5 Å². The Hall–Kier alpha value is -2.12. The molecule has 2 aromatic rings. The van der Waals surface area contributed by atoms with Crippen molar-refractivity contribution in [2.75, 3.05) is 5.32 Å². The summed E-state index contributed by atoms with van der Waals surface area (Å²) in [6.07, 6.45) is -2.15. The number of aromatic nitrogens is 3. The molecule has 0 radical (unpaired) electrons. The number of nitrogens with zero attached hydrogens (tertiary/aromatic N) is 3. The lowest BCUT2D eigenvalue weighted by molar-refractivity contribution is -0.141. The van der Waals surface area contributed by atoms with E-state index in [1.54, 1.807) is 6.20 Å². The van der Waals surface area contributed by atoms with E-state index in [9.17, 15) is 13.2 Å². The van der Waals surface area contributed by atoms with E-state index in [1.165, 1.54) is 6.07 Å². The van der Waals surface area contributed by atoms with Gasteiger partial charge < -0.3 is 9.73 Å². The molecule has 102 valence electrons. The molecule has 0 bridgehead atoms. The maximum absolute atomic E-state index is 12.3. The zero-order valence-corrected chi connectivity index (χ0v) is 10.0. The molecule has 2 aromatic heterocycles. The van der Waals surface area contributed by atoms with Crippen molar-refractivity contribution in [3.63, 3.8) is 0 Å². The molecule has 0 aliphatic carbocycles. The van der Waals surface area contributed by atoms with Gasteiger partial charge in [-0.1, -0.05) is 6.92 Å². The second-order valence-electron chi connectivity index (χ2n) is 3.73. The average Bonchev–Trinajstić information content (AvgIpc) is 2.84. The summed E-state index contributed by atoms with van der Waals surface area (Å²) in [4.78, 5) is 4.00. The zero-order chi connectivity index (χ0) is 13.9. The maximum Gasteiger partial charge on any atom is 0.435 e. The van der Waals surface area contributed by atoms with E-state index >= 15 is 0 Å². The lowest BCUT2D eigenvalue weighted by Crippen LogP contribution is -2.10. The van der Waals surface area contributed by atoms with Crippen LogP contribution in [0.1, 0.15) is 24.3 Å². The van der Waals surface area contributed by atoms with E-state index < -0.39 is 11.9 Å². The van der Waals surface area contributed by atoms with Crippen molar-refractivity contribution in [2.45, 2.75) is 26.1 Å². The van der Waals surface area contributed by atoms with Crippen LogP contribution >= 0.6 is 0 Å². The fourth-order valence-corrected chi connectivity index (χ4v) is 1.34. The number of oxazole rings is 1. The molecule has 0 saturated carbocycles. The highest BCUT2D eigenvalue weighted by molar-refractivity contribution is 5.33. The van der Waals surface area contributed by atoms with E-state index in [4.69, 9.17) is 4.42 Å². The summed E-state index contributed by atoms with van der Waals surface area (Å²) in [5, 5.41) is 9.31. The van der Waals surface area contributed by atoms with Crippen LogP contribution in [0.15, 0.2) is 22.7 Å². The SMILES string of the molecule is CCc1cnc(CNc2ccc(C(F)(F)F)nn2)o1. The van der Waals surface area contributed by atoms with Gasteiger partial charge in [0.25, 0.3) is 0 Å². The molecule has 0 aliphatic rings. The van der Waals surface area contributed by atoms with Crippen molar-refractivity contribution < 1.29 is 17.6 Å². The van der Waals surface area contributed by atoms with E-state index in [0.717, 1.165) is 18.2 Å². The molecule has 0 aliphatic heterocycles. The Kier molecular flexibility index (Phi) is 3.68. The number of anilines is 1. The number of halogens is 3. The van der Waals surface area contributed by atoms with Gasteiger partial charge in [0.1, 0.15) is 11.6 Å². The summed E-state index contributed by atoms with van der Waals surface area (Å²) in [6, 6.07) is 2.07. The van der Waals surface area contributed by atoms with Gasteiger partial charge in [-0.15, -0.1) is 10.2 Å². The Morgan fingerprint density at radius 2 is 2.05 bits per heavy atom. The topological polar surface area (TPSA) is 63.8 Å². The summed E-state index contributed by atoms with van der Waals surface area (Å²) in [6.45, 7) is 2.17. The molecule has 0 unspecified atom stereocenters. The number of rotatable bonds is 4. The van der Waals surface area contributed by atoms with Crippen molar-refractivity contribution in [1.82, 2.24) is 15.2 Å². The first kappa shape index (κ1) is 13.3. The Morgan fingerprint density at radius 1 is 1.26 bits per heavy atom. The minimum absolute atomic E-state index is 0.226. The predicted octanol–water partition coefficient (Wildman–Crippen LogP) is 2.66. The van der Waals surface area contributed by atoms with Gasteiger partial charge in [0.05, 0.1) is 12.7 Å². The van der Waals surface area contributed by atoms with Gasteiger partial charge in [-0.25, -0.2) is 4.98 Å². The third kappa shape index (κ3) is 3.43. The number of hydrogen-bond acceptors (Lipinski definition) is 5. The van der Waals surface area contributed by atoms with Gasteiger partial charge in [0.2, 0.25) is 5.89 Å². The first-order valence-corrected chi connectivity index (χ1v) is 5.57. The number of nitrogens with one attached hydrogen (secondary N) is 1. The monoisotopic (exact) mass is 272 g/mol. The Morgan fingerprint density at radius 3 is 2.58 bits per heavy atom. The van der Waals surface area contributed by atoms with Gasteiger partial charge in [0, 0.05) is 6.42 Å². The van der Waals surface area contributed by atoms with Crippen LogP contribution < -0.4 is 5.32 Å². The first-order chi connectivity index (χ1) is 8.99. The minimum atomic E-state index is -4.48. The molecule has 0 saturated heterocycles. The molecule has 0 fully saturated rings. The van der Waals surface area contributed by atoms with Crippen LogP contribution in [0, 0.1) is 0 Å². The first-order valence-electron chi connectivity index (χ1n) is 5.57. The summed E-state index contributed by atoms with van der Waals surface area (Å²) in [5.74, 6) is 1.41. The van der Waals surface area contributed by atoms with Crippen molar-refractivity contribution in [2.24, 2.45) is 0 Å². The highest BCUT2D eigenvalue weighted by Gasteiger charge is 2.32. The average molecular weight is 272 g/mol. The highest BCUT2D eigenvalue weighted by atomic mass is 19.4. The molecule has 2 rings (SSSR count). The molecule has 2 heterocycles. The summed E-state index contributed by atoms with van der Waals surface area (Å²) in [5.41, 5.74) is -1.03. The third-order valence-electron chi connectivity index (χ3n) is 2.33. The molecular weight excluding hydrogens is 261 g/mol. The second-order valence-corrected chi connectivity index (χ2v) is 3.73. The summed E-state index contributed by atoms with van der Waals surface area (Å²) < 4.78 is 42.1. The lowest BCUT2D eigenvalue weighted by Gasteiger charge is -2.06. The van der Waals surface area contributed by atoms with Gasteiger partial charge in [0.15, 0.2) is 5.69 Å². The fourth-order valence-electron chi connectivity index (χ4n) is 1.34. The molecule has 19 heavy (non-hydrogen) atoms. The molecule has 0 atom stereocenters. The molecular formula is C11H11F3N4O. The predicted molar refractivity (Wildman–Crippen MR) is 60.2 cm³/mol. The zero-order valence-electron chi connectivity index (χ0n) is 10.0. The Bertz CT molecular complexity index is 536. The smallest absolute Gasteiger partial charge is 0.435 e. The lowest BCUT2D eigenvalue weighted by atomic mass is 10.4. The van der Waals surface area contributed by atoms with Crippen LogP contribution in [0.3, 0.4) is 0 Å². The van der Waals surface area contributed by atoms with Crippen molar-refractivity contribution in [3.8, 4) is 0 Å². The molecule has 0 aromatic carbocycles. The van der Waals surface area contributed by atoms with Crippen LogP contribution in [0.4, 0.5) is 19.0 Å². The highest BCUT2D eigenvalue weighted by Crippen LogP contribution is 2.27. The molecule has 0 amide bonds. The van der Waals surface area contributed by atoms with Crippen LogP contribution in [-0.2, 0) is 19.1 Å². The Labute approximate surface area is 106 Å². The van der Waals surface area contributed by atoms with Crippen LogP contribution in [0.25, 0.3) is 0 Å². The van der Waals surface area contributed by atoms with Crippen molar-refractivity contribution in [3.05, 3.63) is 35.7 Å². The third-order valence-corrected chi connectivity index (χ3v) is 2.33. The van der Waals surface area contributed by atoms with Crippen LogP contribution in [-0.4, -0.2) is 15.2 Å². The fraction of sp³-hybridized carbons (Fsp3) is 0.364. The van der Waals surface area contributed by atoms with E-state index in [1.807, 2.05) is 6.92 Å². The van der Waals surface area contributed by atoms with Crippen LogP contribution in [0.5, 0.6) is 0 Å². The quantitative estimate of drug-likeness (QED) is 0.927. The van der Waals surface area contributed by atoms with Crippen molar-refractivity contribution in [1.29, 1.82) is 0 Å². The Balaban J connectivity index is 1.96. The number of aryl methyl sites for hydroxylation is 1. The minimum Gasteiger partial charge on any atom is -0.444 e. The molecule has 0 spiro atoms.